The van der Waals surface area contributed by atoms with Crippen molar-refractivity contribution in [2.24, 2.45) is 0 Å². The molecule has 0 spiro atoms. The Morgan fingerprint density at radius 2 is 1.88 bits per heavy atom. The summed E-state index contributed by atoms with van der Waals surface area (Å²) >= 11 is 0. The van der Waals surface area contributed by atoms with Crippen LogP contribution in [0.4, 0.5) is 5.82 Å². The predicted octanol–water partition coefficient (Wildman–Crippen LogP) is 1.75. The van der Waals surface area contributed by atoms with Gasteiger partial charge in [-0.1, -0.05) is 42.5 Å². The van der Waals surface area contributed by atoms with E-state index in [1.807, 2.05) is 18.2 Å². The number of benzene rings is 2. The van der Waals surface area contributed by atoms with E-state index in [2.05, 4.69) is 49.8 Å². The summed E-state index contributed by atoms with van der Waals surface area (Å²) in [4.78, 5) is 11.8. The Morgan fingerprint density at radius 1 is 1.08 bits per heavy atom. The molecule has 126 valence electrons. The first kappa shape index (κ1) is 17.7. The number of fused-ring (bicyclic) bond motifs is 1. The van der Waals surface area contributed by atoms with Crippen molar-refractivity contribution in [2.75, 3.05) is 18.8 Å². The van der Waals surface area contributed by atoms with Crippen LogP contribution in [0.25, 0.3) is 10.8 Å². The van der Waals surface area contributed by atoms with Crippen molar-refractivity contribution >= 4 is 34.9 Å². The molecule has 0 bridgehead atoms. The van der Waals surface area contributed by atoms with Crippen LogP contribution in [0.3, 0.4) is 0 Å². The molecule has 2 aromatic carbocycles. The molecule has 3 rings (SSSR count). The zero-order valence-corrected chi connectivity index (χ0v) is 13.7. The summed E-state index contributed by atoms with van der Waals surface area (Å²) in [5.41, 5.74) is 6.69. The van der Waals surface area contributed by atoms with Crippen LogP contribution in [0.15, 0.2) is 47.1 Å². The lowest BCUT2D eigenvalue weighted by atomic mass is 10.0. The number of anilines is 1. The normalized spacial score (nSPS) is 10.3. The Kier molecular flexibility index (Phi) is 6.11. The number of halogens is 1. The maximum Gasteiger partial charge on any atom is 0.277 e. The Bertz CT molecular complexity index is 816. The van der Waals surface area contributed by atoms with E-state index < -0.39 is 5.91 Å². The molecule has 1 heterocycles. The first-order valence-corrected chi connectivity index (χ1v) is 7.29. The first-order chi connectivity index (χ1) is 11.3. The molecule has 1 aromatic heterocycles. The van der Waals surface area contributed by atoms with Crippen molar-refractivity contribution in [2.45, 2.75) is 6.54 Å². The van der Waals surface area contributed by atoms with Gasteiger partial charge >= 0.3 is 0 Å². The predicted molar refractivity (Wildman–Crippen MR) is 93.9 cm³/mol. The lowest BCUT2D eigenvalue weighted by molar-refractivity contribution is 0.0944. The lowest BCUT2D eigenvalue weighted by Gasteiger charge is -2.08. The number of nitrogen functional groups attached to an aromatic ring is 1. The fourth-order valence-electron chi connectivity index (χ4n) is 2.37. The van der Waals surface area contributed by atoms with Crippen molar-refractivity contribution in [3.63, 3.8) is 0 Å². The van der Waals surface area contributed by atoms with Crippen LogP contribution in [-0.4, -0.2) is 29.3 Å². The molecular weight excluding hydrogens is 330 g/mol. The quantitative estimate of drug-likeness (QED) is 0.586. The standard InChI is InChI=1S/C16H17N5O2.ClH/c17-15-14(20-23-21-15)16(22)19-9-8-18-10-12-6-3-5-11-4-1-2-7-13(11)12;/h1-7,18H,8-10H2,(H2,17,21)(H,19,22);1H. The van der Waals surface area contributed by atoms with Crippen LogP contribution in [0.1, 0.15) is 16.1 Å². The van der Waals surface area contributed by atoms with Crippen molar-refractivity contribution in [3.05, 3.63) is 53.7 Å². The van der Waals surface area contributed by atoms with Crippen molar-refractivity contribution in [1.82, 2.24) is 20.9 Å². The molecule has 7 nitrogen and oxygen atoms in total. The lowest BCUT2D eigenvalue weighted by Crippen LogP contribution is -2.32. The fourth-order valence-corrected chi connectivity index (χ4v) is 2.37. The van der Waals surface area contributed by atoms with Gasteiger partial charge in [-0.15, -0.1) is 12.4 Å². The largest absolute Gasteiger partial charge is 0.379 e. The maximum atomic E-state index is 11.8. The second-order valence-electron chi connectivity index (χ2n) is 5.07. The van der Waals surface area contributed by atoms with Gasteiger partial charge in [-0.3, -0.25) is 4.79 Å². The SMILES string of the molecule is Cl.Nc1nonc1C(=O)NCCNCc1cccc2ccccc12. The number of hydrogen-bond donors (Lipinski definition) is 3. The van der Waals surface area contributed by atoms with Gasteiger partial charge in [0, 0.05) is 19.6 Å². The van der Waals surface area contributed by atoms with Crippen molar-refractivity contribution in [3.8, 4) is 0 Å². The minimum absolute atomic E-state index is 0. The third kappa shape index (κ3) is 4.01. The van der Waals surface area contributed by atoms with Crippen molar-refractivity contribution in [1.29, 1.82) is 0 Å². The Hall–Kier alpha value is -2.64. The molecule has 1 amide bonds. The zero-order chi connectivity index (χ0) is 16.1. The first-order valence-electron chi connectivity index (χ1n) is 7.29. The highest BCUT2D eigenvalue weighted by Gasteiger charge is 2.14. The highest BCUT2D eigenvalue weighted by Crippen LogP contribution is 2.17. The van der Waals surface area contributed by atoms with E-state index in [0.717, 1.165) is 6.54 Å². The molecule has 0 aliphatic rings. The van der Waals surface area contributed by atoms with Gasteiger partial charge in [0.1, 0.15) is 0 Å². The Labute approximate surface area is 145 Å². The van der Waals surface area contributed by atoms with E-state index in [-0.39, 0.29) is 23.9 Å². The van der Waals surface area contributed by atoms with E-state index in [1.54, 1.807) is 0 Å². The summed E-state index contributed by atoms with van der Waals surface area (Å²) in [5, 5.41) is 15.3. The van der Waals surface area contributed by atoms with Gasteiger partial charge in [0.05, 0.1) is 0 Å². The van der Waals surface area contributed by atoms with Crippen LogP contribution in [-0.2, 0) is 6.54 Å². The number of hydrogen-bond acceptors (Lipinski definition) is 6. The molecule has 0 saturated heterocycles. The molecule has 8 heteroatoms. The molecular formula is C16H18ClN5O2. The number of nitrogens with zero attached hydrogens (tertiary/aromatic N) is 2. The topological polar surface area (TPSA) is 106 Å². The highest BCUT2D eigenvalue weighted by atomic mass is 35.5. The second kappa shape index (κ2) is 8.28. The number of carbonyl (C=O) groups excluding carboxylic acids is 1. The number of aromatic nitrogens is 2. The molecule has 0 atom stereocenters. The Balaban J connectivity index is 0.00000208. The smallest absolute Gasteiger partial charge is 0.277 e. The average molecular weight is 348 g/mol. The molecule has 0 fully saturated rings. The van der Waals surface area contributed by atoms with Crippen LogP contribution in [0.2, 0.25) is 0 Å². The molecule has 0 unspecified atom stereocenters. The van der Waals surface area contributed by atoms with Gasteiger partial charge in [-0.2, -0.15) is 0 Å². The van der Waals surface area contributed by atoms with Gasteiger partial charge in [0.2, 0.25) is 11.5 Å². The summed E-state index contributed by atoms with van der Waals surface area (Å²) in [6, 6.07) is 14.5. The van der Waals surface area contributed by atoms with E-state index in [0.29, 0.717) is 13.1 Å². The summed E-state index contributed by atoms with van der Waals surface area (Å²) in [5.74, 6) is -0.401. The highest BCUT2D eigenvalue weighted by molar-refractivity contribution is 5.95. The summed E-state index contributed by atoms with van der Waals surface area (Å²) in [6.07, 6.45) is 0. The van der Waals surface area contributed by atoms with Gasteiger partial charge in [0.25, 0.3) is 5.91 Å². The molecule has 0 saturated carbocycles. The zero-order valence-electron chi connectivity index (χ0n) is 12.9. The molecule has 0 radical (unpaired) electrons. The van der Waals surface area contributed by atoms with Crippen LogP contribution < -0.4 is 16.4 Å². The monoisotopic (exact) mass is 347 g/mol. The van der Waals surface area contributed by atoms with Crippen LogP contribution in [0, 0.1) is 0 Å². The van der Waals surface area contributed by atoms with E-state index in [4.69, 9.17) is 5.73 Å². The Morgan fingerprint density at radius 3 is 2.67 bits per heavy atom. The van der Waals surface area contributed by atoms with Gasteiger partial charge in [0.15, 0.2) is 0 Å². The third-order valence-electron chi connectivity index (χ3n) is 3.51. The molecule has 0 aliphatic carbocycles. The molecule has 4 N–H and O–H groups in total. The second-order valence-corrected chi connectivity index (χ2v) is 5.07. The summed E-state index contributed by atoms with van der Waals surface area (Å²) in [6.45, 7) is 1.81. The average Bonchev–Trinajstić information content (AvgIpc) is 3.00. The number of amides is 1. The third-order valence-corrected chi connectivity index (χ3v) is 3.51. The van der Waals surface area contributed by atoms with Gasteiger partial charge < -0.3 is 16.4 Å². The van der Waals surface area contributed by atoms with Crippen LogP contribution >= 0.6 is 12.4 Å². The van der Waals surface area contributed by atoms with Crippen molar-refractivity contribution < 1.29 is 9.42 Å². The number of nitrogens with two attached hydrogens (primary N) is 1. The summed E-state index contributed by atoms with van der Waals surface area (Å²) in [7, 11) is 0. The van der Waals surface area contributed by atoms with Gasteiger partial charge in [-0.05, 0) is 26.6 Å². The molecule has 0 aliphatic heterocycles. The molecule has 3 aromatic rings. The van der Waals surface area contributed by atoms with E-state index >= 15 is 0 Å². The number of carbonyl (C=O) groups is 1. The maximum absolute atomic E-state index is 11.8. The summed E-state index contributed by atoms with van der Waals surface area (Å²) < 4.78 is 4.39. The fraction of sp³-hybridized carbons (Fsp3) is 0.188. The number of nitrogens with one attached hydrogen (secondary N) is 2. The van der Waals surface area contributed by atoms with Gasteiger partial charge in [-0.25, -0.2) is 4.63 Å². The minimum Gasteiger partial charge on any atom is -0.379 e. The van der Waals surface area contributed by atoms with E-state index in [9.17, 15) is 4.79 Å². The van der Waals surface area contributed by atoms with E-state index in [1.165, 1.54) is 16.3 Å². The molecule has 24 heavy (non-hydrogen) atoms. The minimum atomic E-state index is -0.393. The number of rotatable bonds is 6. The van der Waals surface area contributed by atoms with Crippen LogP contribution in [0.5, 0.6) is 0 Å².